The standard InChI is InChI=1S/C14H13F3N4/c1-2-12(21-6-5-18-8-21)9-3-4-10-11(7-9)20-13(19-10)14(15,16)17/h3-8,12H,2H2,1H3,(H,19,20). The van der Waals surface area contributed by atoms with Crippen molar-refractivity contribution in [1.29, 1.82) is 0 Å². The highest BCUT2D eigenvalue weighted by Crippen LogP contribution is 2.30. The minimum Gasteiger partial charge on any atom is -0.334 e. The van der Waals surface area contributed by atoms with Crippen molar-refractivity contribution in [2.75, 3.05) is 0 Å². The SMILES string of the molecule is CCC(c1ccc2[nH]c(C(F)(F)F)nc2c1)n1ccnc1. The molecule has 0 amide bonds. The Balaban J connectivity index is 2.04. The molecule has 1 atom stereocenters. The van der Waals surface area contributed by atoms with E-state index < -0.39 is 12.0 Å². The molecule has 0 radical (unpaired) electrons. The van der Waals surface area contributed by atoms with Crippen LogP contribution in [0.3, 0.4) is 0 Å². The van der Waals surface area contributed by atoms with Crippen molar-refractivity contribution >= 4 is 11.0 Å². The number of imidazole rings is 2. The van der Waals surface area contributed by atoms with Gasteiger partial charge in [0.05, 0.1) is 23.4 Å². The van der Waals surface area contributed by atoms with Gasteiger partial charge in [-0.25, -0.2) is 9.97 Å². The normalized spacial score (nSPS) is 13.7. The number of hydrogen-bond acceptors (Lipinski definition) is 2. The third-order valence-electron chi connectivity index (χ3n) is 3.43. The maximum atomic E-state index is 12.7. The molecule has 3 aromatic rings. The van der Waals surface area contributed by atoms with Gasteiger partial charge >= 0.3 is 6.18 Å². The lowest BCUT2D eigenvalue weighted by Gasteiger charge is -2.16. The lowest BCUT2D eigenvalue weighted by molar-refractivity contribution is -0.144. The highest BCUT2D eigenvalue weighted by molar-refractivity contribution is 5.76. The number of aromatic nitrogens is 4. The largest absolute Gasteiger partial charge is 0.449 e. The molecule has 0 saturated carbocycles. The summed E-state index contributed by atoms with van der Waals surface area (Å²) in [4.78, 5) is 9.94. The van der Waals surface area contributed by atoms with Gasteiger partial charge in [0.1, 0.15) is 0 Å². The third kappa shape index (κ3) is 2.51. The molecule has 0 aliphatic heterocycles. The summed E-state index contributed by atoms with van der Waals surface area (Å²) in [6.07, 6.45) is 1.55. The van der Waals surface area contributed by atoms with Crippen molar-refractivity contribution in [3.05, 3.63) is 48.3 Å². The van der Waals surface area contributed by atoms with Crippen LogP contribution in [0.15, 0.2) is 36.9 Å². The van der Waals surface area contributed by atoms with Crippen LogP contribution in [0.1, 0.15) is 30.8 Å². The molecule has 1 unspecified atom stereocenters. The Labute approximate surface area is 118 Å². The van der Waals surface area contributed by atoms with Crippen LogP contribution in [-0.2, 0) is 6.18 Å². The van der Waals surface area contributed by atoms with Crippen molar-refractivity contribution < 1.29 is 13.2 Å². The van der Waals surface area contributed by atoms with Gasteiger partial charge in [0, 0.05) is 12.4 Å². The molecule has 2 aromatic heterocycles. The van der Waals surface area contributed by atoms with E-state index >= 15 is 0 Å². The van der Waals surface area contributed by atoms with Crippen LogP contribution < -0.4 is 0 Å². The minimum atomic E-state index is -4.46. The molecule has 0 spiro atoms. The van der Waals surface area contributed by atoms with Gasteiger partial charge in [0.2, 0.25) is 5.82 Å². The molecular formula is C14H13F3N4. The van der Waals surface area contributed by atoms with E-state index in [-0.39, 0.29) is 6.04 Å². The zero-order valence-corrected chi connectivity index (χ0v) is 11.2. The van der Waals surface area contributed by atoms with E-state index in [0.717, 1.165) is 12.0 Å². The zero-order chi connectivity index (χ0) is 15.0. The van der Waals surface area contributed by atoms with E-state index in [1.165, 1.54) is 0 Å². The van der Waals surface area contributed by atoms with Crippen molar-refractivity contribution in [3.63, 3.8) is 0 Å². The molecule has 0 aliphatic carbocycles. The minimum absolute atomic E-state index is 0.0305. The maximum Gasteiger partial charge on any atom is 0.449 e. The fourth-order valence-corrected chi connectivity index (χ4v) is 2.44. The number of alkyl halides is 3. The van der Waals surface area contributed by atoms with Gasteiger partial charge in [-0.3, -0.25) is 0 Å². The number of H-pyrrole nitrogens is 1. The number of hydrogen-bond donors (Lipinski definition) is 1. The molecule has 0 saturated heterocycles. The summed E-state index contributed by atoms with van der Waals surface area (Å²) in [5.41, 5.74) is 1.60. The number of fused-ring (bicyclic) bond motifs is 1. The van der Waals surface area contributed by atoms with Crippen LogP contribution in [-0.4, -0.2) is 19.5 Å². The molecule has 0 bridgehead atoms. The third-order valence-corrected chi connectivity index (χ3v) is 3.43. The summed E-state index contributed by atoms with van der Waals surface area (Å²) >= 11 is 0. The molecule has 110 valence electrons. The number of benzene rings is 1. The quantitative estimate of drug-likeness (QED) is 0.799. The van der Waals surface area contributed by atoms with E-state index in [1.807, 2.05) is 23.8 Å². The number of aromatic amines is 1. The summed E-state index contributed by atoms with van der Waals surface area (Å²) < 4.78 is 39.9. The van der Waals surface area contributed by atoms with Gasteiger partial charge in [0.25, 0.3) is 0 Å². The Morgan fingerprint density at radius 1 is 1.33 bits per heavy atom. The summed E-state index contributed by atoms with van der Waals surface area (Å²) in [5, 5.41) is 0. The summed E-state index contributed by atoms with van der Waals surface area (Å²) in [6, 6.07) is 5.17. The average molecular weight is 294 g/mol. The predicted octanol–water partition coefficient (Wildman–Crippen LogP) is 3.78. The zero-order valence-electron chi connectivity index (χ0n) is 11.2. The molecule has 7 heteroatoms. The first kappa shape index (κ1) is 13.7. The molecule has 0 aliphatic rings. The summed E-state index contributed by atoms with van der Waals surface area (Å²) in [6.45, 7) is 2.01. The Bertz CT molecular complexity index is 743. The van der Waals surface area contributed by atoms with Crippen LogP contribution in [0, 0.1) is 0 Å². The Morgan fingerprint density at radius 3 is 2.76 bits per heavy atom. The second-order valence-corrected chi connectivity index (χ2v) is 4.79. The van der Waals surface area contributed by atoms with Gasteiger partial charge in [-0.2, -0.15) is 13.2 Å². The van der Waals surface area contributed by atoms with Crippen LogP contribution in [0.25, 0.3) is 11.0 Å². The van der Waals surface area contributed by atoms with E-state index in [1.54, 1.807) is 24.7 Å². The highest BCUT2D eigenvalue weighted by Gasteiger charge is 2.34. The number of halogens is 3. The average Bonchev–Trinajstić information content (AvgIpc) is 3.06. The van der Waals surface area contributed by atoms with Crippen LogP contribution in [0.2, 0.25) is 0 Å². The molecule has 1 N–H and O–H groups in total. The number of rotatable bonds is 3. The smallest absolute Gasteiger partial charge is 0.334 e. The Kier molecular flexibility index (Phi) is 3.19. The summed E-state index contributed by atoms with van der Waals surface area (Å²) in [7, 11) is 0. The maximum absolute atomic E-state index is 12.7. The van der Waals surface area contributed by atoms with Crippen molar-refractivity contribution in [3.8, 4) is 0 Å². The van der Waals surface area contributed by atoms with Gasteiger partial charge in [0.15, 0.2) is 0 Å². The highest BCUT2D eigenvalue weighted by atomic mass is 19.4. The lowest BCUT2D eigenvalue weighted by Crippen LogP contribution is -2.07. The van der Waals surface area contributed by atoms with Crippen molar-refractivity contribution in [2.24, 2.45) is 0 Å². The molecule has 3 rings (SSSR count). The van der Waals surface area contributed by atoms with E-state index in [2.05, 4.69) is 15.0 Å². The lowest BCUT2D eigenvalue weighted by atomic mass is 10.0. The van der Waals surface area contributed by atoms with Crippen molar-refractivity contribution in [1.82, 2.24) is 19.5 Å². The van der Waals surface area contributed by atoms with E-state index in [0.29, 0.717) is 11.0 Å². The fourth-order valence-electron chi connectivity index (χ4n) is 2.44. The van der Waals surface area contributed by atoms with E-state index in [9.17, 15) is 13.2 Å². The monoisotopic (exact) mass is 294 g/mol. The second-order valence-electron chi connectivity index (χ2n) is 4.79. The topological polar surface area (TPSA) is 46.5 Å². The van der Waals surface area contributed by atoms with Gasteiger partial charge in [-0.15, -0.1) is 0 Å². The van der Waals surface area contributed by atoms with Gasteiger partial charge < -0.3 is 9.55 Å². The van der Waals surface area contributed by atoms with Crippen molar-refractivity contribution in [2.45, 2.75) is 25.6 Å². The van der Waals surface area contributed by atoms with Crippen LogP contribution in [0.5, 0.6) is 0 Å². The predicted molar refractivity (Wildman–Crippen MR) is 71.8 cm³/mol. The molecule has 2 heterocycles. The number of nitrogens with one attached hydrogen (secondary N) is 1. The Morgan fingerprint density at radius 2 is 2.14 bits per heavy atom. The molecule has 1 aromatic carbocycles. The molecule has 21 heavy (non-hydrogen) atoms. The summed E-state index contributed by atoms with van der Waals surface area (Å²) in [5.74, 6) is -0.967. The molecular weight excluding hydrogens is 281 g/mol. The first-order valence-electron chi connectivity index (χ1n) is 6.53. The molecule has 4 nitrogen and oxygen atoms in total. The molecule has 0 fully saturated rings. The second kappa shape index (κ2) is 4.91. The van der Waals surface area contributed by atoms with Gasteiger partial charge in [-0.05, 0) is 24.1 Å². The van der Waals surface area contributed by atoms with Crippen LogP contribution in [0.4, 0.5) is 13.2 Å². The van der Waals surface area contributed by atoms with E-state index in [4.69, 9.17) is 0 Å². The fraction of sp³-hybridized carbons (Fsp3) is 0.286. The Hall–Kier alpha value is -2.31. The number of nitrogens with zero attached hydrogens (tertiary/aromatic N) is 3. The first-order valence-corrected chi connectivity index (χ1v) is 6.53. The van der Waals surface area contributed by atoms with Crippen LogP contribution >= 0.6 is 0 Å². The first-order chi connectivity index (χ1) is 9.99. The van der Waals surface area contributed by atoms with Gasteiger partial charge in [-0.1, -0.05) is 13.0 Å².